The molecule has 0 saturated carbocycles. The topological polar surface area (TPSA) is 52.7 Å². The van der Waals surface area contributed by atoms with Gasteiger partial charge in [-0.1, -0.05) is 37.3 Å². The van der Waals surface area contributed by atoms with E-state index in [4.69, 9.17) is 0 Å². The van der Waals surface area contributed by atoms with Gasteiger partial charge in [0.15, 0.2) is 5.82 Å². The molecule has 1 fully saturated rings. The minimum Gasteiger partial charge on any atom is -0.366 e. The maximum absolute atomic E-state index is 4.50. The lowest BCUT2D eigenvalue weighted by Gasteiger charge is -2.24. The summed E-state index contributed by atoms with van der Waals surface area (Å²) in [6.07, 6.45) is 3.31. The van der Waals surface area contributed by atoms with Gasteiger partial charge in [0.1, 0.15) is 0 Å². The largest absolute Gasteiger partial charge is 0.366 e. The number of rotatable bonds is 4. The van der Waals surface area contributed by atoms with Crippen LogP contribution in [-0.2, 0) is 6.42 Å². The lowest BCUT2D eigenvalue weighted by Crippen LogP contribution is -2.35. The molecule has 0 aliphatic carbocycles. The van der Waals surface area contributed by atoms with Crippen LogP contribution in [0.2, 0.25) is 0 Å². The van der Waals surface area contributed by atoms with Crippen molar-refractivity contribution in [3.8, 4) is 11.3 Å². The van der Waals surface area contributed by atoms with Gasteiger partial charge in [0.2, 0.25) is 0 Å². The van der Waals surface area contributed by atoms with Gasteiger partial charge in [0.25, 0.3) is 0 Å². The standard InChI is InChI=1S/C16H22N4/c1-2-14-15(12-6-4-3-5-7-12)19-20-16(14)18-13-8-10-17-11-9-13/h3-7,13,17H,2,8-11H2,1H3,(H2,18,19,20). The quantitative estimate of drug-likeness (QED) is 0.800. The molecular formula is C16H22N4. The molecule has 3 rings (SSSR count). The molecule has 1 aliphatic heterocycles. The Morgan fingerprint density at radius 2 is 1.95 bits per heavy atom. The smallest absolute Gasteiger partial charge is 0.151 e. The third-order valence-electron chi connectivity index (χ3n) is 3.96. The maximum atomic E-state index is 4.50. The van der Waals surface area contributed by atoms with Crippen molar-refractivity contribution in [3.05, 3.63) is 35.9 Å². The highest BCUT2D eigenvalue weighted by molar-refractivity contribution is 5.69. The van der Waals surface area contributed by atoms with E-state index in [1.807, 2.05) is 6.07 Å². The summed E-state index contributed by atoms with van der Waals surface area (Å²) < 4.78 is 0. The molecule has 4 heteroatoms. The highest BCUT2D eigenvalue weighted by Gasteiger charge is 2.18. The molecule has 0 atom stereocenters. The normalized spacial score (nSPS) is 16.2. The van der Waals surface area contributed by atoms with E-state index in [-0.39, 0.29) is 0 Å². The minimum absolute atomic E-state index is 0.536. The molecule has 1 saturated heterocycles. The highest BCUT2D eigenvalue weighted by Crippen LogP contribution is 2.28. The number of H-pyrrole nitrogens is 1. The Hall–Kier alpha value is -1.81. The van der Waals surface area contributed by atoms with Crippen molar-refractivity contribution in [2.45, 2.75) is 32.2 Å². The number of aromatic nitrogens is 2. The fraction of sp³-hybridized carbons (Fsp3) is 0.438. The lowest BCUT2D eigenvalue weighted by atomic mass is 10.0. The van der Waals surface area contributed by atoms with Crippen LogP contribution in [0.5, 0.6) is 0 Å². The van der Waals surface area contributed by atoms with Crippen LogP contribution in [0.4, 0.5) is 5.82 Å². The van der Waals surface area contributed by atoms with Crippen molar-refractivity contribution < 1.29 is 0 Å². The molecule has 1 aromatic carbocycles. The first-order valence-corrected chi connectivity index (χ1v) is 7.48. The Kier molecular flexibility index (Phi) is 4.02. The predicted molar refractivity (Wildman–Crippen MR) is 82.9 cm³/mol. The second-order valence-electron chi connectivity index (χ2n) is 5.31. The van der Waals surface area contributed by atoms with Crippen molar-refractivity contribution in [2.24, 2.45) is 0 Å². The number of anilines is 1. The molecule has 4 nitrogen and oxygen atoms in total. The number of aromatic amines is 1. The summed E-state index contributed by atoms with van der Waals surface area (Å²) in [5.41, 5.74) is 3.63. The van der Waals surface area contributed by atoms with Gasteiger partial charge in [-0.25, -0.2) is 0 Å². The molecule has 3 N–H and O–H groups in total. The van der Waals surface area contributed by atoms with E-state index in [1.165, 1.54) is 11.1 Å². The van der Waals surface area contributed by atoms with Crippen molar-refractivity contribution in [3.63, 3.8) is 0 Å². The second-order valence-corrected chi connectivity index (χ2v) is 5.31. The van der Waals surface area contributed by atoms with Gasteiger partial charge in [-0.15, -0.1) is 0 Å². The second kappa shape index (κ2) is 6.09. The third kappa shape index (κ3) is 2.70. The minimum atomic E-state index is 0.536. The van der Waals surface area contributed by atoms with E-state index in [9.17, 15) is 0 Å². The molecule has 1 aliphatic rings. The Balaban J connectivity index is 1.83. The molecule has 106 valence electrons. The predicted octanol–water partition coefficient (Wildman–Crippen LogP) is 2.80. The summed E-state index contributed by atoms with van der Waals surface area (Å²) in [5.74, 6) is 1.03. The van der Waals surface area contributed by atoms with E-state index in [0.717, 1.165) is 43.9 Å². The average Bonchev–Trinajstić information content (AvgIpc) is 2.92. The summed E-state index contributed by atoms with van der Waals surface area (Å²) in [6.45, 7) is 4.37. The van der Waals surface area contributed by atoms with Crippen LogP contribution in [-0.4, -0.2) is 29.3 Å². The van der Waals surface area contributed by atoms with Crippen LogP contribution in [0.3, 0.4) is 0 Å². The van der Waals surface area contributed by atoms with Gasteiger partial charge in [-0.05, 0) is 37.9 Å². The first-order chi connectivity index (χ1) is 9.88. The Morgan fingerprint density at radius 3 is 2.65 bits per heavy atom. The van der Waals surface area contributed by atoms with E-state index in [2.05, 4.69) is 52.0 Å². The van der Waals surface area contributed by atoms with Crippen molar-refractivity contribution in [2.75, 3.05) is 18.4 Å². The van der Waals surface area contributed by atoms with Gasteiger partial charge >= 0.3 is 0 Å². The van der Waals surface area contributed by atoms with Crippen LogP contribution in [0.15, 0.2) is 30.3 Å². The first-order valence-electron chi connectivity index (χ1n) is 7.48. The maximum Gasteiger partial charge on any atom is 0.151 e. The highest BCUT2D eigenvalue weighted by atomic mass is 15.2. The molecule has 2 aromatic rings. The first kappa shape index (κ1) is 13.2. The van der Waals surface area contributed by atoms with Gasteiger partial charge in [-0.2, -0.15) is 5.10 Å². The summed E-state index contributed by atoms with van der Waals surface area (Å²) >= 11 is 0. The van der Waals surface area contributed by atoms with E-state index >= 15 is 0 Å². The molecule has 0 unspecified atom stereocenters. The van der Waals surface area contributed by atoms with Gasteiger partial charge in [-0.3, -0.25) is 5.10 Å². The zero-order valence-electron chi connectivity index (χ0n) is 11.9. The summed E-state index contributed by atoms with van der Waals surface area (Å²) in [4.78, 5) is 0. The number of piperidine rings is 1. The van der Waals surface area contributed by atoms with Gasteiger partial charge < -0.3 is 10.6 Å². The molecule has 20 heavy (non-hydrogen) atoms. The van der Waals surface area contributed by atoms with Crippen LogP contribution in [0.25, 0.3) is 11.3 Å². The van der Waals surface area contributed by atoms with Crippen molar-refractivity contribution in [1.29, 1.82) is 0 Å². The van der Waals surface area contributed by atoms with Crippen LogP contribution >= 0.6 is 0 Å². The molecule has 2 heterocycles. The van der Waals surface area contributed by atoms with E-state index in [1.54, 1.807) is 0 Å². The fourth-order valence-corrected chi connectivity index (χ4v) is 2.83. The molecule has 1 aromatic heterocycles. The van der Waals surface area contributed by atoms with Crippen molar-refractivity contribution >= 4 is 5.82 Å². The number of nitrogens with one attached hydrogen (secondary N) is 3. The average molecular weight is 270 g/mol. The van der Waals surface area contributed by atoms with Crippen LogP contribution < -0.4 is 10.6 Å². The number of hydrogen-bond acceptors (Lipinski definition) is 3. The van der Waals surface area contributed by atoms with Gasteiger partial charge in [0, 0.05) is 11.6 Å². The third-order valence-corrected chi connectivity index (χ3v) is 3.96. The van der Waals surface area contributed by atoms with Crippen molar-refractivity contribution in [1.82, 2.24) is 15.5 Å². The molecular weight excluding hydrogens is 248 g/mol. The Bertz CT molecular complexity index is 541. The molecule has 0 amide bonds. The zero-order valence-corrected chi connectivity index (χ0v) is 11.9. The molecule has 0 spiro atoms. The number of hydrogen-bond donors (Lipinski definition) is 3. The van der Waals surface area contributed by atoms with E-state index < -0.39 is 0 Å². The summed E-state index contributed by atoms with van der Waals surface area (Å²) in [5, 5.41) is 14.7. The van der Waals surface area contributed by atoms with Crippen LogP contribution in [0, 0.1) is 0 Å². The lowest BCUT2D eigenvalue weighted by molar-refractivity contribution is 0.478. The molecule has 0 radical (unpaired) electrons. The zero-order chi connectivity index (χ0) is 13.8. The fourth-order valence-electron chi connectivity index (χ4n) is 2.83. The summed E-state index contributed by atoms with van der Waals surface area (Å²) in [6, 6.07) is 11.0. The Labute approximate surface area is 120 Å². The number of nitrogens with zero attached hydrogens (tertiary/aromatic N) is 1. The number of benzene rings is 1. The van der Waals surface area contributed by atoms with E-state index in [0.29, 0.717) is 6.04 Å². The van der Waals surface area contributed by atoms with Crippen LogP contribution in [0.1, 0.15) is 25.3 Å². The van der Waals surface area contributed by atoms with Gasteiger partial charge in [0.05, 0.1) is 5.69 Å². The molecule has 0 bridgehead atoms. The summed E-state index contributed by atoms with van der Waals surface area (Å²) in [7, 11) is 0. The SMILES string of the molecule is CCc1c(NC2CCNCC2)n[nH]c1-c1ccccc1. The Morgan fingerprint density at radius 1 is 1.20 bits per heavy atom. The monoisotopic (exact) mass is 270 g/mol.